The van der Waals surface area contributed by atoms with Crippen molar-refractivity contribution in [2.75, 3.05) is 41.5 Å². The van der Waals surface area contributed by atoms with Gasteiger partial charge in [-0.05, 0) is 0 Å². The van der Waals surface area contributed by atoms with E-state index < -0.39 is 20.2 Å². The van der Waals surface area contributed by atoms with Crippen LogP contribution in [-0.2, 0) is 20.2 Å². The first kappa shape index (κ1) is 27.5. The van der Waals surface area contributed by atoms with Crippen molar-refractivity contribution >= 4 is 70.4 Å². The summed E-state index contributed by atoms with van der Waals surface area (Å²) in [6, 6.07) is 12.2. The zero-order valence-corrected chi connectivity index (χ0v) is 24.9. The zero-order valence-electron chi connectivity index (χ0n) is 19.8. The molecule has 0 bridgehead atoms. The molecule has 0 aliphatic carbocycles. The zero-order chi connectivity index (χ0) is 26.1. The van der Waals surface area contributed by atoms with Crippen LogP contribution in [0, 0.1) is 6.92 Å². The van der Waals surface area contributed by atoms with Crippen molar-refractivity contribution in [1.82, 2.24) is 0 Å². The molecule has 2 N–H and O–H groups in total. The van der Waals surface area contributed by atoms with E-state index in [1.165, 1.54) is 8.92 Å². The molecule has 2 aromatic rings. The number of benzene rings is 2. The van der Waals surface area contributed by atoms with Gasteiger partial charge in [-0.1, -0.05) is 0 Å². The maximum absolute atomic E-state index is 11.3. The Bertz CT molecular complexity index is 1380. The van der Waals surface area contributed by atoms with E-state index in [1.807, 2.05) is 25.1 Å². The topological polar surface area (TPSA) is 124 Å². The van der Waals surface area contributed by atoms with E-state index in [4.69, 9.17) is 4.74 Å². The van der Waals surface area contributed by atoms with Crippen molar-refractivity contribution in [3.8, 4) is 5.75 Å². The van der Waals surface area contributed by atoms with Crippen LogP contribution in [0.4, 0.5) is 11.4 Å². The van der Waals surface area contributed by atoms with Crippen molar-refractivity contribution in [2.45, 2.75) is 24.7 Å². The van der Waals surface area contributed by atoms with Gasteiger partial charge in [0.15, 0.2) is 0 Å². The van der Waals surface area contributed by atoms with Gasteiger partial charge in [0.2, 0.25) is 0 Å². The summed E-state index contributed by atoms with van der Waals surface area (Å²) in [6.07, 6.45) is 2.81. The van der Waals surface area contributed by atoms with Gasteiger partial charge in [-0.2, -0.15) is 0 Å². The number of methoxy groups -OCH3 is 1. The Balaban J connectivity index is 1.64. The summed E-state index contributed by atoms with van der Waals surface area (Å²) in [7, 11) is -6.49. The Labute approximate surface area is 224 Å². The molecule has 2 aliphatic rings. The summed E-state index contributed by atoms with van der Waals surface area (Å²) in [6.45, 7) is 2.94. The minimum absolute atomic E-state index is 0.0176. The molecule has 9 nitrogen and oxygen atoms in total. The molecule has 36 heavy (non-hydrogen) atoms. The van der Waals surface area contributed by atoms with Crippen molar-refractivity contribution < 1.29 is 30.7 Å². The number of anilines is 2. The standard InChI is InChI=1S/C23H28N2O7S2Se2/c1-16-5-7-20-18(13-16)24(9-3-11-33(26,27)28)22(35-20)15-23-25(10-4-12-34(29,30)31)19-14-17(32-2)6-8-21(19)36-23/h5-8,13-15,23H,3-4,9-12H2,1-2H3,(H,26,27,28)(H,29,30,31). The predicted molar refractivity (Wildman–Crippen MR) is 144 cm³/mol. The summed E-state index contributed by atoms with van der Waals surface area (Å²) < 4.78 is 72.6. The van der Waals surface area contributed by atoms with Crippen molar-refractivity contribution in [1.29, 1.82) is 0 Å². The summed E-state index contributed by atoms with van der Waals surface area (Å²) in [5.41, 5.74) is 3.18. The van der Waals surface area contributed by atoms with E-state index in [1.54, 1.807) is 7.11 Å². The first-order valence-electron chi connectivity index (χ1n) is 11.2. The van der Waals surface area contributed by atoms with Gasteiger partial charge < -0.3 is 0 Å². The summed E-state index contributed by atoms with van der Waals surface area (Å²) in [5, 5.41) is 0. The van der Waals surface area contributed by atoms with E-state index in [9.17, 15) is 25.9 Å². The monoisotopic (exact) mass is 668 g/mol. The Morgan fingerprint density at radius 3 is 2.28 bits per heavy atom. The van der Waals surface area contributed by atoms with Crippen molar-refractivity contribution in [3.63, 3.8) is 0 Å². The Hall–Kier alpha value is -1.56. The second-order valence-electron chi connectivity index (χ2n) is 8.54. The number of nitrogens with zero attached hydrogens (tertiary/aromatic N) is 2. The number of rotatable bonds is 10. The number of hydrogen-bond donors (Lipinski definition) is 2. The van der Waals surface area contributed by atoms with Crippen LogP contribution in [0.15, 0.2) is 47.1 Å². The van der Waals surface area contributed by atoms with Gasteiger partial charge in [0.05, 0.1) is 0 Å². The second-order valence-corrected chi connectivity index (χ2v) is 16.3. The van der Waals surface area contributed by atoms with Crippen molar-refractivity contribution in [2.24, 2.45) is 0 Å². The van der Waals surface area contributed by atoms with Crippen LogP contribution in [0.2, 0.25) is 0 Å². The van der Waals surface area contributed by atoms with Gasteiger partial charge >= 0.3 is 226 Å². The number of hydrogen-bond acceptors (Lipinski definition) is 7. The second kappa shape index (κ2) is 11.0. The molecule has 0 fully saturated rings. The van der Waals surface area contributed by atoms with Gasteiger partial charge in [0.1, 0.15) is 0 Å². The third-order valence-corrected chi connectivity index (χ3v) is 12.4. The predicted octanol–water partition coefficient (Wildman–Crippen LogP) is 0.726. The molecule has 196 valence electrons. The van der Waals surface area contributed by atoms with Gasteiger partial charge in [0, 0.05) is 0 Å². The van der Waals surface area contributed by atoms with Crippen molar-refractivity contribution in [3.05, 3.63) is 52.6 Å². The fourth-order valence-electron chi connectivity index (χ4n) is 4.16. The maximum atomic E-state index is 11.3. The van der Waals surface area contributed by atoms with Gasteiger partial charge in [-0.15, -0.1) is 0 Å². The van der Waals surface area contributed by atoms with Crippen LogP contribution in [-0.4, -0.2) is 92.5 Å². The van der Waals surface area contributed by atoms with Crippen LogP contribution in [0.1, 0.15) is 18.4 Å². The van der Waals surface area contributed by atoms with Crippen LogP contribution in [0.3, 0.4) is 0 Å². The molecule has 13 heteroatoms. The number of aryl methyl sites for hydroxylation is 1. The molecule has 2 heterocycles. The molecule has 1 atom stereocenters. The first-order valence-corrected chi connectivity index (χ1v) is 18.0. The molecule has 0 saturated carbocycles. The number of ether oxygens (including phenoxy) is 1. The molecule has 0 radical (unpaired) electrons. The summed E-state index contributed by atoms with van der Waals surface area (Å²) in [4.78, 5) is 4.36. The van der Waals surface area contributed by atoms with Crippen LogP contribution >= 0.6 is 0 Å². The minimum atomic E-state index is -4.05. The fraction of sp³-hybridized carbons (Fsp3) is 0.391. The quantitative estimate of drug-likeness (QED) is 0.279. The van der Waals surface area contributed by atoms with Gasteiger partial charge in [0.25, 0.3) is 0 Å². The first-order chi connectivity index (χ1) is 16.9. The third kappa shape index (κ3) is 6.85. The molecule has 2 aliphatic heterocycles. The van der Waals surface area contributed by atoms with E-state index >= 15 is 0 Å². The van der Waals surface area contributed by atoms with Crippen LogP contribution in [0.25, 0.3) is 0 Å². The molecule has 0 spiro atoms. The van der Waals surface area contributed by atoms with Gasteiger partial charge in [-0.3, -0.25) is 0 Å². The molecular formula is C23H28N2O7S2Se2. The number of fused-ring (bicyclic) bond motifs is 2. The average molecular weight is 667 g/mol. The molecule has 1 unspecified atom stereocenters. The average Bonchev–Trinajstić information content (AvgIpc) is 3.29. The van der Waals surface area contributed by atoms with E-state index in [2.05, 4.69) is 34.1 Å². The SMILES string of the molecule is COc1ccc2c(c1)N(CCCS(=O)(=O)O)C(C=C1[Se]c3ccc(C)cc3N1CCCS(=O)(=O)O)[Se]2. The van der Waals surface area contributed by atoms with Crippen LogP contribution in [0.5, 0.6) is 5.75 Å². The van der Waals surface area contributed by atoms with E-state index in [0.29, 0.717) is 19.5 Å². The summed E-state index contributed by atoms with van der Waals surface area (Å²) in [5.74, 6) is 0.110. The van der Waals surface area contributed by atoms with E-state index in [-0.39, 0.29) is 52.8 Å². The molecular weight excluding hydrogens is 638 g/mol. The van der Waals surface area contributed by atoms with Gasteiger partial charge in [-0.25, -0.2) is 0 Å². The van der Waals surface area contributed by atoms with E-state index in [0.717, 1.165) is 27.3 Å². The Morgan fingerprint density at radius 1 is 0.944 bits per heavy atom. The summed E-state index contributed by atoms with van der Waals surface area (Å²) >= 11 is 0.0668. The Morgan fingerprint density at radius 2 is 1.61 bits per heavy atom. The molecule has 0 saturated heterocycles. The molecule has 0 amide bonds. The molecule has 4 rings (SSSR count). The van der Waals surface area contributed by atoms with Crippen LogP contribution < -0.4 is 23.5 Å². The molecule has 0 aromatic heterocycles. The molecule has 2 aromatic carbocycles. The third-order valence-electron chi connectivity index (χ3n) is 5.79. The fourth-order valence-corrected chi connectivity index (χ4v) is 10.6. The normalized spacial score (nSPS) is 18.6. The Kier molecular flexibility index (Phi) is 8.43.